The molecule has 0 aromatic heterocycles. The van der Waals surface area contributed by atoms with Gasteiger partial charge in [-0.25, -0.2) is 9.59 Å². The number of carbonyl (C=O) groups is 4. The molecule has 0 bridgehead atoms. The highest BCUT2D eigenvalue weighted by atomic mass is 16.4. The van der Waals surface area contributed by atoms with Crippen LogP contribution in [0, 0.1) is 0 Å². The molecule has 10 heteroatoms. The first-order valence-electron chi connectivity index (χ1n) is 13.1. The van der Waals surface area contributed by atoms with E-state index in [0.29, 0.717) is 11.4 Å². The Balaban J connectivity index is 1.33. The predicted molar refractivity (Wildman–Crippen MR) is 155 cm³/mol. The lowest BCUT2D eigenvalue weighted by Crippen LogP contribution is -2.42. The first kappa shape index (κ1) is 29.3. The molecule has 0 radical (unpaired) electrons. The number of carbonyl (C=O) groups excluding carboxylic acids is 2. The molecule has 4 rings (SSSR count). The fourth-order valence-corrected chi connectivity index (χ4v) is 4.06. The fourth-order valence-electron chi connectivity index (χ4n) is 4.06. The Morgan fingerprint density at radius 3 is 1.17 bits per heavy atom. The summed E-state index contributed by atoms with van der Waals surface area (Å²) in [4.78, 5) is 48.6. The molecule has 0 aliphatic rings. The van der Waals surface area contributed by atoms with E-state index in [-0.39, 0.29) is 24.0 Å². The minimum Gasteiger partial charge on any atom is -0.480 e. The van der Waals surface area contributed by atoms with Gasteiger partial charge in [0.1, 0.15) is 12.1 Å². The van der Waals surface area contributed by atoms with Crippen LogP contribution in [0.2, 0.25) is 0 Å². The van der Waals surface area contributed by atoms with E-state index in [1.54, 1.807) is 72.8 Å². The lowest BCUT2D eigenvalue weighted by atomic mass is 10.1. The monoisotopic (exact) mass is 564 g/mol. The van der Waals surface area contributed by atoms with Crippen LogP contribution in [0.1, 0.15) is 31.8 Å². The second-order valence-electron chi connectivity index (χ2n) is 9.40. The summed E-state index contributed by atoms with van der Waals surface area (Å²) in [6, 6.07) is 28.3. The maximum absolute atomic E-state index is 12.6. The van der Waals surface area contributed by atoms with Gasteiger partial charge in [0.25, 0.3) is 11.8 Å². The van der Waals surface area contributed by atoms with E-state index < -0.39 is 35.8 Å². The third-order valence-electron chi connectivity index (χ3n) is 6.31. The average molecular weight is 565 g/mol. The van der Waals surface area contributed by atoms with Crippen molar-refractivity contribution in [2.24, 2.45) is 10.2 Å². The first-order valence-corrected chi connectivity index (χ1v) is 13.1. The summed E-state index contributed by atoms with van der Waals surface area (Å²) in [6.45, 7) is 0. The molecule has 4 aromatic carbocycles. The van der Waals surface area contributed by atoms with Crippen LogP contribution in [-0.4, -0.2) is 46.0 Å². The normalized spacial score (nSPS) is 12.3. The molecule has 2 amide bonds. The second-order valence-corrected chi connectivity index (χ2v) is 9.40. The van der Waals surface area contributed by atoms with Gasteiger partial charge < -0.3 is 20.8 Å². The molecule has 10 nitrogen and oxygen atoms in total. The van der Waals surface area contributed by atoms with Crippen molar-refractivity contribution in [3.63, 3.8) is 0 Å². The number of nitrogens with one attached hydrogen (secondary N) is 2. The van der Waals surface area contributed by atoms with Gasteiger partial charge >= 0.3 is 11.9 Å². The third-order valence-corrected chi connectivity index (χ3v) is 6.31. The summed E-state index contributed by atoms with van der Waals surface area (Å²) in [7, 11) is 0. The topological polar surface area (TPSA) is 158 Å². The van der Waals surface area contributed by atoms with Gasteiger partial charge in [-0.05, 0) is 59.7 Å². The van der Waals surface area contributed by atoms with Crippen LogP contribution in [0.4, 0.5) is 11.4 Å². The van der Waals surface area contributed by atoms with Crippen LogP contribution in [0.15, 0.2) is 119 Å². The molecule has 4 aromatic rings. The van der Waals surface area contributed by atoms with Crippen LogP contribution in [0.25, 0.3) is 0 Å². The predicted octanol–water partition coefficient (Wildman–Crippen LogP) is 4.95. The van der Waals surface area contributed by atoms with Crippen molar-refractivity contribution in [2.45, 2.75) is 24.9 Å². The number of azo groups is 1. The van der Waals surface area contributed by atoms with Crippen LogP contribution >= 0.6 is 0 Å². The minimum atomic E-state index is -1.13. The Bertz CT molecular complexity index is 1440. The second kappa shape index (κ2) is 14.1. The molecule has 0 heterocycles. The lowest BCUT2D eigenvalue weighted by molar-refractivity contribution is -0.140. The number of amides is 2. The van der Waals surface area contributed by atoms with Crippen molar-refractivity contribution in [1.82, 2.24) is 10.6 Å². The van der Waals surface area contributed by atoms with Gasteiger partial charge in [-0.3, -0.25) is 9.59 Å². The number of hydrogen-bond acceptors (Lipinski definition) is 6. The first-order chi connectivity index (χ1) is 20.3. The molecule has 0 spiro atoms. The summed E-state index contributed by atoms with van der Waals surface area (Å²) >= 11 is 0. The highest BCUT2D eigenvalue weighted by Crippen LogP contribution is 2.20. The van der Waals surface area contributed by atoms with Gasteiger partial charge in [-0.15, -0.1) is 0 Å². The van der Waals surface area contributed by atoms with Gasteiger partial charge in [0.15, 0.2) is 0 Å². The van der Waals surface area contributed by atoms with Crippen molar-refractivity contribution in [3.05, 3.63) is 131 Å². The number of nitrogens with zero attached hydrogens (tertiary/aromatic N) is 2. The zero-order chi connectivity index (χ0) is 29.9. The van der Waals surface area contributed by atoms with Crippen molar-refractivity contribution in [3.8, 4) is 0 Å². The Morgan fingerprint density at radius 2 is 0.857 bits per heavy atom. The molecule has 2 atom stereocenters. The Kier molecular flexibility index (Phi) is 9.87. The summed E-state index contributed by atoms with van der Waals surface area (Å²) in [5.74, 6) is -3.31. The quantitative estimate of drug-likeness (QED) is 0.178. The molecule has 0 aliphatic carbocycles. The highest BCUT2D eigenvalue weighted by molar-refractivity contribution is 5.97. The molecule has 0 unspecified atom stereocenters. The van der Waals surface area contributed by atoms with E-state index in [1.807, 2.05) is 12.1 Å². The SMILES string of the molecule is O=C(N[C@@H](Cc1ccccc1)C(=O)O)c1ccc(N=Nc2ccc(C(=O)N[C@H](Cc3ccccc3)C(=O)O)cc2)cc1. The molecule has 212 valence electrons. The van der Waals surface area contributed by atoms with Gasteiger partial charge in [0.2, 0.25) is 0 Å². The third kappa shape index (κ3) is 8.43. The van der Waals surface area contributed by atoms with E-state index in [9.17, 15) is 29.4 Å². The van der Waals surface area contributed by atoms with Gasteiger partial charge in [0, 0.05) is 24.0 Å². The number of carboxylic acid groups (broad SMARTS) is 2. The van der Waals surface area contributed by atoms with E-state index in [2.05, 4.69) is 20.9 Å². The van der Waals surface area contributed by atoms with E-state index in [4.69, 9.17) is 0 Å². The minimum absolute atomic E-state index is 0.155. The van der Waals surface area contributed by atoms with Crippen LogP contribution in [-0.2, 0) is 22.4 Å². The number of benzene rings is 4. The van der Waals surface area contributed by atoms with Crippen LogP contribution in [0.5, 0.6) is 0 Å². The molecule has 0 saturated carbocycles. The van der Waals surface area contributed by atoms with Gasteiger partial charge in [-0.1, -0.05) is 60.7 Å². The lowest BCUT2D eigenvalue weighted by Gasteiger charge is -2.15. The standard InChI is InChI=1S/C32H28N4O6/c37-29(33-27(31(39)40)19-21-7-3-1-4-8-21)23-11-15-25(16-12-23)35-36-26-17-13-24(14-18-26)30(38)34-28(32(41)42)20-22-9-5-2-6-10-22/h1-18,27-28H,19-20H2,(H,33,37)(H,34,38)(H,39,40)(H,41,42)/t27-,28+. The molecule has 0 aliphatic heterocycles. The van der Waals surface area contributed by atoms with E-state index in [1.165, 1.54) is 24.3 Å². The zero-order valence-corrected chi connectivity index (χ0v) is 22.4. The molecular formula is C32H28N4O6. The molecule has 0 saturated heterocycles. The maximum atomic E-state index is 12.6. The van der Waals surface area contributed by atoms with Gasteiger partial charge in [0.05, 0.1) is 11.4 Å². The van der Waals surface area contributed by atoms with Crippen molar-refractivity contribution in [2.75, 3.05) is 0 Å². The van der Waals surface area contributed by atoms with Crippen molar-refractivity contribution >= 4 is 35.1 Å². The largest absolute Gasteiger partial charge is 0.480 e. The fraction of sp³-hybridized carbons (Fsp3) is 0.125. The maximum Gasteiger partial charge on any atom is 0.326 e. The van der Waals surface area contributed by atoms with Crippen LogP contribution in [0.3, 0.4) is 0 Å². The number of rotatable bonds is 12. The van der Waals surface area contributed by atoms with Crippen LogP contribution < -0.4 is 10.6 Å². The number of carboxylic acids is 2. The smallest absolute Gasteiger partial charge is 0.326 e. The van der Waals surface area contributed by atoms with E-state index in [0.717, 1.165) is 11.1 Å². The van der Waals surface area contributed by atoms with E-state index >= 15 is 0 Å². The number of aliphatic carboxylic acids is 2. The molecule has 42 heavy (non-hydrogen) atoms. The zero-order valence-electron chi connectivity index (χ0n) is 22.4. The summed E-state index contributed by atoms with van der Waals surface area (Å²) in [5, 5.41) is 32.4. The Morgan fingerprint density at radius 1 is 0.524 bits per heavy atom. The summed E-state index contributed by atoms with van der Waals surface area (Å²) in [6.07, 6.45) is 0.310. The Labute approximate surface area is 241 Å². The average Bonchev–Trinajstić information content (AvgIpc) is 3.00. The Hall–Kier alpha value is -5.64. The molecular weight excluding hydrogens is 536 g/mol. The summed E-state index contributed by atoms with van der Waals surface area (Å²) < 4.78 is 0. The van der Waals surface area contributed by atoms with Crippen molar-refractivity contribution < 1.29 is 29.4 Å². The molecule has 0 fully saturated rings. The van der Waals surface area contributed by atoms with Gasteiger partial charge in [-0.2, -0.15) is 10.2 Å². The highest BCUT2D eigenvalue weighted by Gasteiger charge is 2.22. The summed E-state index contributed by atoms with van der Waals surface area (Å²) in [5.41, 5.74) is 3.05. The molecule has 4 N–H and O–H groups in total. The van der Waals surface area contributed by atoms with Crippen molar-refractivity contribution in [1.29, 1.82) is 0 Å². The number of hydrogen-bond donors (Lipinski definition) is 4.